The number of rotatable bonds is 4. The first-order chi connectivity index (χ1) is 10.3. The zero-order valence-electron chi connectivity index (χ0n) is 11.3. The van der Waals surface area contributed by atoms with Crippen LogP contribution in [0.4, 0.5) is 5.69 Å². The normalized spacial score (nSPS) is 10.5. The Balaban J connectivity index is 1.80. The molecule has 3 aromatic rings. The molecule has 106 valence electrons. The van der Waals surface area contributed by atoms with Gasteiger partial charge in [-0.3, -0.25) is 9.89 Å². The van der Waals surface area contributed by atoms with Crippen molar-refractivity contribution in [3.8, 4) is 11.5 Å². The summed E-state index contributed by atoms with van der Waals surface area (Å²) in [4.78, 5) is 13.2. The molecule has 2 N–H and O–H groups in total. The molecular weight excluding hydrogens is 286 g/mol. The summed E-state index contributed by atoms with van der Waals surface area (Å²) in [6, 6.07) is 12.9. The van der Waals surface area contributed by atoms with Gasteiger partial charge in [-0.2, -0.15) is 5.10 Å². The van der Waals surface area contributed by atoms with Crippen molar-refractivity contribution in [1.82, 2.24) is 10.2 Å². The maximum Gasteiger partial charge on any atom is 0.276 e. The first-order valence-corrected chi connectivity index (χ1v) is 7.54. The molecule has 0 saturated heterocycles. The van der Waals surface area contributed by atoms with Crippen LogP contribution in [0.3, 0.4) is 0 Å². The minimum Gasteiger partial charge on any atom is -0.463 e. The summed E-state index contributed by atoms with van der Waals surface area (Å²) in [5, 5.41) is 9.68. The van der Waals surface area contributed by atoms with Gasteiger partial charge in [-0.15, -0.1) is 11.8 Å². The van der Waals surface area contributed by atoms with Crippen molar-refractivity contribution in [2.75, 3.05) is 11.6 Å². The van der Waals surface area contributed by atoms with E-state index in [1.165, 1.54) is 0 Å². The Kier molecular flexibility index (Phi) is 3.79. The predicted octanol–water partition coefficient (Wildman–Crippen LogP) is 3.64. The third kappa shape index (κ3) is 2.85. The monoisotopic (exact) mass is 299 g/mol. The quantitative estimate of drug-likeness (QED) is 0.721. The summed E-state index contributed by atoms with van der Waals surface area (Å²) in [5.41, 5.74) is 1.76. The third-order valence-electron chi connectivity index (χ3n) is 2.95. The molecule has 0 saturated carbocycles. The second-order valence-corrected chi connectivity index (χ2v) is 5.15. The average Bonchev–Trinajstić information content (AvgIpc) is 3.18. The number of thioether (sulfide) groups is 1. The van der Waals surface area contributed by atoms with Crippen molar-refractivity contribution in [1.29, 1.82) is 0 Å². The van der Waals surface area contributed by atoms with E-state index >= 15 is 0 Å². The number of hydrogen-bond acceptors (Lipinski definition) is 4. The maximum atomic E-state index is 12.2. The van der Waals surface area contributed by atoms with Crippen LogP contribution in [-0.2, 0) is 0 Å². The van der Waals surface area contributed by atoms with Crippen LogP contribution in [0.25, 0.3) is 11.5 Å². The third-order valence-corrected chi connectivity index (χ3v) is 3.75. The Hall–Kier alpha value is -2.47. The second-order valence-electron chi connectivity index (χ2n) is 4.30. The largest absolute Gasteiger partial charge is 0.463 e. The van der Waals surface area contributed by atoms with Crippen molar-refractivity contribution in [2.45, 2.75) is 4.90 Å². The van der Waals surface area contributed by atoms with Gasteiger partial charge in [0.25, 0.3) is 5.91 Å². The molecule has 6 heteroatoms. The van der Waals surface area contributed by atoms with E-state index in [1.807, 2.05) is 30.5 Å². The number of para-hydroxylation sites is 1. The van der Waals surface area contributed by atoms with E-state index < -0.39 is 0 Å². The van der Waals surface area contributed by atoms with E-state index in [9.17, 15) is 4.79 Å². The molecule has 0 spiro atoms. The van der Waals surface area contributed by atoms with Crippen molar-refractivity contribution >= 4 is 23.4 Å². The van der Waals surface area contributed by atoms with Gasteiger partial charge in [0.05, 0.1) is 12.0 Å². The highest BCUT2D eigenvalue weighted by Crippen LogP contribution is 2.25. The molecule has 5 nitrogen and oxygen atoms in total. The van der Waals surface area contributed by atoms with Crippen molar-refractivity contribution in [3.05, 3.63) is 54.4 Å². The summed E-state index contributed by atoms with van der Waals surface area (Å²) in [6.07, 6.45) is 3.54. The van der Waals surface area contributed by atoms with Crippen molar-refractivity contribution < 1.29 is 9.21 Å². The number of furan rings is 1. The van der Waals surface area contributed by atoms with Crippen LogP contribution in [0.1, 0.15) is 10.5 Å². The molecule has 1 aromatic carbocycles. The summed E-state index contributed by atoms with van der Waals surface area (Å²) in [5.74, 6) is 0.386. The number of amides is 1. The highest BCUT2D eigenvalue weighted by atomic mass is 32.2. The lowest BCUT2D eigenvalue weighted by molar-refractivity contribution is 0.102. The summed E-state index contributed by atoms with van der Waals surface area (Å²) in [6.45, 7) is 0. The number of benzene rings is 1. The molecule has 3 rings (SSSR count). The van der Waals surface area contributed by atoms with Gasteiger partial charge in [0.1, 0.15) is 5.69 Å². The highest BCUT2D eigenvalue weighted by molar-refractivity contribution is 7.98. The molecule has 0 fully saturated rings. The predicted molar refractivity (Wildman–Crippen MR) is 82.5 cm³/mol. The van der Waals surface area contributed by atoms with Crippen LogP contribution in [-0.4, -0.2) is 22.4 Å². The Labute approximate surface area is 125 Å². The van der Waals surface area contributed by atoms with Crippen LogP contribution in [0, 0.1) is 0 Å². The minimum absolute atomic E-state index is 0.259. The van der Waals surface area contributed by atoms with Crippen LogP contribution >= 0.6 is 11.8 Å². The van der Waals surface area contributed by atoms with E-state index in [1.54, 1.807) is 36.2 Å². The molecule has 2 aromatic heterocycles. The summed E-state index contributed by atoms with van der Waals surface area (Å²) >= 11 is 1.58. The fraction of sp³-hybridized carbons (Fsp3) is 0.0667. The second kappa shape index (κ2) is 5.88. The molecule has 0 bridgehead atoms. The lowest BCUT2D eigenvalue weighted by Gasteiger charge is -2.07. The number of aromatic nitrogens is 2. The lowest BCUT2D eigenvalue weighted by Crippen LogP contribution is -2.12. The van der Waals surface area contributed by atoms with E-state index in [4.69, 9.17) is 4.42 Å². The number of hydrogen-bond donors (Lipinski definition) is 2. The van der Waals surface area contributed by atoms with Crippen LogP contribution in [0.15, 0.2) is 58.0 Å². The van der Waals surface area contributed by atoms with Crippen LogP contribution in [0.2, 0.25) is 0 Å². The maximum absolute atomic E-state index is 12.2. The number of carbonyl (C=O) groups excluding carboxylic acids is 1. The van der Waals surface area contributed by atoms with Crippen molar-refractivity contribution in [2.24, 2.45) is 0 Å². The fourth-order valence-corrected chi connectivity index (χ4v) is 2.48. The number of nitrogens with zero attached hydrogens (tertiary/aromatic N) is 1. The van der Waals surface area contributed by atoms with Gasteiger partial charge in [-0.1, -0.05) is 12.1 Å². The number of H-pyrrole nitrogens is 1. The van der Waals surface area contributed by atoms with Crippen LogP contribution in [0.5, 0.6) is 0 Å². The SMILES string of the molecule is CSc1ccccc1NC(=O)c1cc(-c2ccco2)[nH]n1. The summed E-state index contributed by atoms with van der Waals surface area (Å²) < 4.78 is 5.26. The zero-order valence-corrected chi connectivity index (χ0v) is 12.1. The van der Waals surface area contributed by atoms with Gasteiger partial charge in [0.2, 0.25) is 0 Å². The fourth-order valence-electron chi connectivity index (χ4n) is 1.93. The molecule has 0 unspecified atom stereocenters. The Morgan fingerprint density at radius 3 is 2.90 bits per heavy atom. The molecule has 0 aliphatic rings. The van der Waals surface area contributed by atoms with Gasteiger partial charge in [0, 0.05) is 11.0 Å². The van der Waals surface area contributed by atoms with E-state index in [0.717, 1.165) is 10.6 Å². The van der Waals surface area contributed by atoms with Gasteiger partial charge in [0.15, 0.2) is 11.5 Å². The number of anilines is 1. The average molecular weight is 299 g/mol. The molecule has 2 heterocycles. The van der Waals surface area contributed by atoms with Gasteiger partial charge in [-0.05, 0) is 30.5 Å². The van der Waals surface area contributed by atoms with Gasteiger partial charge < -0.3 is 9.73 Å². The molecule has 1 amide bonds. The zero-order chi connectivity index (χ0) is 14.7. The molecule has 0 radical (unpaired) electrons. The number of nitrogens with one attached hydrogen (secondary N) is 2. The molecule has 0 aliphatic carbocycles. The molecular formula is C15H13N3O2S. The lowest BCUT2D eigenvalue weighted by atomic mass is 10.2. The number of carbonyl (C=O) groups is 1. The van der Waals surface area contributed by atoms with E-state index in [2.05, 4.69) is 15.5 Å². The Morgan fingerprint density at radius 1 is 1.29 bits per heavy atom. The molecule has 0 atom stereocenters. The van der Waals surface area contributed by atoms with Crippen LogP contribution < -0.4 is 5.32 Å². The van der Waals surface area contributed by atoms with Gasteiger partial charge >= 0.3 is 0 Å². The molecule has 21 heavy (non-hydrogen) atoms. The standard InChI is InChI=1S/C15H13N3O2S/c1-21-14-7-3-2-5-10(14)16-15(19)12-9-11(17-18-12)13-6-4-8-20-13/h2-9H,1H3,(H,16,19)(H,17,18). The van der Waals surface area contributed by atoms with Gasteiger partial charge in [-0.25, -0.2) is 0 Å². The minimum atomic E-state index is -0.259. The molecule has 0 aliphatic heterocycles. The summed E-state index contributed by atoms with van der Waals surface area (Å²) in [7, 11) is 0. The Morgan fingerprint density at radius 2 is 2.14 bits per heavy atom. The topological polar surface area (TPSA) is 70.9 Å². The van der Waals surface area contributed by atoms with E-state index in [0.29, 0.717) is 17.1 Å². The highest BCUT2D eigenvalue weighted by Gasteiger charge is 2.14. The smallest absolute Gasteiger partial charge is 0.276 e. The number of aromatic amines is 1. The first-order valence-electron chi connectivity index (χ1n) is 6.31. The van der Waals surface area contributed by atoms with Crippen molar-refractivity contribution in [3.63, 3.8) is 0 Å². The first kappa shape index (κ1) is 13.5. The Bertz CT molecular complexity index is 750. The van der Waals surface area contributed by atoms with E-state index in [-0.39, 0.29) is 5.91 Å².